The van der Waals surface area contributed by atoms with Crippen molar-refractivity contribution in [1.29, 1.82) is 0 Å². The van der Waals surface area contributed by atoms with Gasteiger partial charge < -0.3 is 49.9 Å². The first-order valence-electron chi connectivity index (χ1n) is 34.8. The van der Waals surface area contributed by atoms with Crippen molar-refractivity contribution in [3.63, 3.8) is 0 Å². The number of methoxy groups -OCH3 is 2. The number of fused-ring (bicyclic) bond motifs is 2. The molecule has 2 saturated heterocycles. The molecule has 0 radical (unpaired) electrons. The molecule has 10 atom stereocenters. The van der Waals surface area contributed by atoms with Crippen molar-refractivity contribution in [3.8, 4) is 23.3 Å². The van der Waals surface area contributed by atoms with Gasteiger partial charge in [-0.25, -0.2) is 36.6 Å². The highest BCUT2D eigenvalue weighted by Gasteiger charge is 2.63. The minimum atomic E-state index is -3.67. The first kappa shape index (κ1) is 85.4. The number of ketones is 2. The second kappa shape index (κ2) is 33.5. The summed E-state index contributed by atoms with van der Waals surface area (Å²) in [6.07, 6.45) is 10.8. The SMILES string of the molecule is C=C[C@@H]1C[C@]1(NC(=O)[C@@H]1C[C@@H](Oc2nccc3cc(OC)ccc23)CN1C(=O)[C@@H](CC(=O)OC(C)(C)C)C(C)(C)C)C(=O)CS(=O)(=O)C1CCC1.C=C[C@@H]1C[C@]1(NC(=O)[C@@H]1C[C@@H](Oc2nccc3cc(OC)ccc23)CN1C(=O)[C@@H](N)C(C)(C)C)C(=O)CS(=O)(=O)C1CCC1.CC(C)(C)N=C=O.Cl.Cl. The number of benzene rings is 2. The lowest BCUT2D eigenvalue weighted by atomic mass is 9.77. The van der Waals surface area contributed by atoms with E-state index in [0.29, 0.717) is 54.3 Å². The predicted octanol–water partition coefficient (Wildman–Crippen LogP) is 9.11. The van der Waals surface area contributed by atoms with Crippen LogP contribution in [0.1, 0.15) is 154 Å². The highest BCUT2D eigenvalue weighted by atomic mass is 35.5. The van der Waals surface area contributed by atoms with Crippen LogP contribution in [0, 0.1) is 28.6 Å². The Morgan fingerprint density at radius 3 is 1.36 bits per heavy atom. The molecule has 4 aromatic rings. The lowest BCUT2D eigenvalue weighted by molar-refractivity contribution is -0.161. The number of carbonyl (C=O) groups excluding carboxylic acids is 8. The van der Waals surface area contributed by atoms with Crippen molar-refractivity contribution in [3.05, 3.63) is 86.2 Å². The average molecular weight is 1520 g/mol. The van der Waals surface area contributed by atoms with Crippen LogP contribution < -0.4 is 35.3 Å². The van der Waals surface area contributed by atoms with E-state index in [4.69, 9.17) is 29.4 Å². The van der Waals surface area contributed by atoms with Crippen LogP contribution in [0.4, 0.5) is 0 Å². The highest BCUT2D eigenvalue weighted by molar-refractivity contribution is 7.93. The first-order chi connectivity index (χ1) is 47.5. The zero-order valence-electron chi connectivity index (χ0n) is 62.1. The fraction of sp³-hybridized carbons (Fsp3) is 0.600. The summed E-state index contributed by atoms with van der Waals surface area (Å²) in [4.78, 5) is 121. The number of likely N-dealkylation sites (tertiary alicyclic amines) is 2. The van der Waals surface area contributed by atoms with Gasteiger partial charge in [-0.15, -0.1) is 38.0 Å². The van der Waals surface area contributed by atoms with E-state index >= 15 is 0 Å². The summed E-state index contributed by atoms with van der Waals surface area (Å²) in [6.45, 7) is 29.6. The number of pyridine rings is 2. The summed E-state index contributed by atoms with van der Waals surface area (Å²) < 4.78 is 80.6. The minimum absolute atomic E-state index is 0. The fourth-order valence-corrected chi connectivity index (χ4v) is 16.9. The quantitative estimate of drug-likeness (QED) is 0.0255. The van der Waals surface area contributed by atoms with Crippen LogP contribution in [0.3, 0.4) is 0 Å². The first-order valence-corrected chi connectivity index (χ1v) is 38.2. The number of hydrogen-bond donors (Lipinski definition) is 3. The number of amides is 4. The maximum absolute atomic E-state index is 14.5. The number of sulfone groups is 2. The van der Waals surface area contributed by atoms with E-state index in [1.54, 1.807) is 71.7 Å². The third-order valence-electron chi connectivity index (χ3n) is 19.9. The van der Waals surface area contributed by atoms with E-state index in [2.05, 4.69) is 38.8 Å². The van der Waals surface area contributed by atoms with Gasteiger partial charge in [-0.05, 0) is 150 Å². The Bertz CT molecular complexity index is 4160. The van der Waals surface area contributed by atoms with E-state index in [1.165, 1.54) is 15.9 Å². The average Bonchev–Trinajstić information content (AvgIpc) is 1.58. The Morgan fingerprint density at radius 1 is 0.644 bits per heavy atom. The molecule has 572 valence electrons. The number of esters is 1. The molecule has 2 aliphatic heterocycles. The second-order valence-corrected chi connectivity index (χ2v) is 36.4. The van der Waals surface area contributed by atoms with E-state index in [1.807, 2.05) is 98.7 Å². The van der Waals surface area contributed by atoms with Crippen LogP contribution in [0.2, 0.25) is 0 Å². The maximum atomic E-state index is 14.5. The van der Waals surface area contributed by atoms with Gasteiger partial charge in [0.05, 0.1) is 61.7 Å². The van der Waals surface area contributed by atoms with Gasteiger partial charge in [0, 0.05) is 47.8 Å². The van der Waals surface area contributed by atoms with Crippen molar-refractivity contribution in [2.75, 3.05) is 38.8 Å². The molecule has 2 aromatic carbocycles. The Morgan fingerprint density at radius 2 is 1.05 bits per heavy atom. The summed E-state index contributed by atoms with van der Waals surface area (Å²) in [5.41, 5.74) is 1.28. The molecule has 2 aromatic heterocycles. The summed E-state index contributed by atoms with van der Waals surface area (Å²) >= 11 is 0. The zero-order chi connectivity index (χ0) is 75.5. The molecule has 4 saturated carbocycles. The topological polar surface area (TPSA) is 346 Å². The minimum Gasteiger partial charge on any atom is -0.497 e. The van der Waals surface area contributed by atoms with Crippen LogP contribution in [0.15, 0.2) is 91.2 Å². The molecule has 6 fully saturated rings. The number of hydrogen-bond acceptors (Lipinski definition) is 21. The van der Waals surface area contributed by atoms with Crippen LogP contribution in [-0.2, 0) is 62.8 Å². The summed E-state index contributed by atoms with van der Waals surface area (Å²) in [5.74, 6) is -4.66. The van der Waals surface area contributed by atoms with E-state index in [0.717, 1.165) is 29.0 Å². The Labute approximate surface area is 623 Å². The van der Waals surface area contributed by atoms with Gasteiger partial charge in [-0.1, -0.05) is 66.5 Å². The van der Waals surface area contributed by atoms with Crippen molar-refractivity contribution < 1.29 is 78.9 Å². The molecule has 6 aliphatic rings. The van der Waals surface area contributed by atoms with E-state index in [9.17, 15) is 55.2 Å². The summed E-state index contributed by atoms with van der Waals surface area (Å²) in [6, 6.07) is 11.6. The second-order valence-electron chi connectivity index (χ2n) is 31.9. The predicted molar refractivity (Wildman–Crippen MR) is 400 cm³/mol. The number of nitrogens with zero attached hydrogens (tertiary/aromatic N) is 5. The van der Waals surface area contributed by atoms with Crippen LogP contribution in [0.25, 0.3) is 21.5 Å². The number of nitrogens with one attached hydrogen (secondary N) is 2. The molecule has 104 heavy (non-hydrogen) atoms. The summed E-state index contributed by atoms with van der Waals surface area (Å²) in [7, 11) is -4.13. The summed E-state index contributed by atoms with van der Waals surface area (Å²) in [5, 5.41) is 7.81. The smallest absolute Gasteiger partial charge is 0.307 e. The molecule has 4 amide bonds. The monoisotopic (exact) mass is 1520 g/mol. The number of nitrogens with two attached hydrogens (primary N) is 1. The molecule has 4 heterocycles. The van der Waals surface area contributed by atoms with E-state index < -0.39 is 158 Å². The number of ether oxygens (including phenoxy) is 5. The Kier molecular flexibility index (Phi) is 27.5. The van der Waals surface area contributed by atoms with Gasteiger partial charge in [-0.3, -0.25) is 33.6 Å². The number of Topliss-reactive ketones (excluding diaryl/α,β-unsaturated/α-hetero) is 2. The molecule has 4 aliphatic carbocycles. The Hall–Kier alpha value is -7.55. The van der Waals surface area contributed by atoms with Crippen LogP contribution >= 0.6 is 24.8 Å². The van der Waals surface area contributed by atoms with Gasteiger partial charge in [0.2, 0.25) is 41.5 Å². The van der Waals surface area contributed by atoms with Crippen LogP contribution in [-0.4, -0.2) is 186 Å². The molecule has 0 unspecified atom stereocenters. The largest absolute Gasteiger partial charge is 0.497 e. The van der Waals surface area contributed by atoms with Gasteiger partial charge >= 0.3 is 5.97 Å². The molecule has 0 bridgehead atoms. The number of aliphatic imine (C=N–C) groups is 1. The third-order valence-corrected chi connectivity index (χ3v) is 24.2. The number of halogens is 2. The van der Waals surface area contributed by atoms with Gasteiger partial charge in [0.25, 0.3) is 0 Å². The van der Waals surface area contributed by atoms with E-state index in [-0.39, 0.29) is 75.5 Å². The lowest BCUT2D eigenvalue weighted by Crippen LogP contribution is -2.57. The molecular formula is C75H104Cl2N8O17S2. The number of isocyanates is 1. The molecule has 10 rings (SSSR count). The molecule has 0 spiro atoms. The van der Waals surface area contributed by atoms with Crippen molar-refractivity contribution in [2.24, 2.45) is 39.3 Å². The van der Waals surface area contributed by atoms with Gasteiger partial charge in [-0.2, -0.15) is 0 Å². The lowest BCUT2D eigenvalue weighted by Gasteiger charge is -2.35. The van der Waals surface area contributed by atoms with Crippen molar-refractivity contribution >= 4 is 113 Å². The number of aromatic nitrogens is 2. The normalized spacial score (nSPS) is 23.6. The molecular weight excluding hydrogens is 1420 g/mol. The van der Waals surface area contributed by atoms with Crippen LogP contribution in [0.5, 0.6) is 23.3 Å². The molecule has 29 heteroatoms. The third kappa shape index (κ3) is 20.3. The highest BCUT2D eigenvalue weighted by Crippen LogP contribution is 2.48. The number of carbonyl (C=O) groups is 7. The number of rotatable bonds is 24. The van der Waals surface area contributed by atoms with Crippen molar-refractivity contribution in [1.82, 2.24) is 30.4 Å². The molecule has 25 nitrogen and oxygen atoms in total. The zero-order valence-corrected chi connectivity index (χ0v) is 65.4. The maximum Gasteiger partial charge on any atom is 0.307 e. The standard InChI is InChI=1S/C38H51N3O9S.C32H42N4O7S.C5H9NO.2ClH/c1-9-24-20-38(24,31(42)22-51(46,47)27-11-10-12-27)40-33(44)30-18-26(49-34-28-14-13-25(48-8)17-23(28)15-16-39-34)21-41(30)35(45)29(36(2,3)4)19-32(43)50-37(5,6)7;1-6-20-16-32(20,26(37)18-44(40,41)23-8-7-9-23)35-28(38)25-15-22(17-36(25)30(39)27(33)31(2,3)4)43-29-24-11-10-21(42-5)14-19(24)12-13-34-29;1-5(2,3)6-4-7;;/h9,13-17,24,26-27,29-30H,1,10-12,18-22H2,2-8H3,(H,40,44);6,10-14,20,22-23,25,27H,1,7-9,15-18,33H2,2-5H3,(H,35,38);1-3H3;2*1H/t24-,26-,29-,30+,38-;20-,22-,25+,27-,32-;;;/m11.../s1. The van der Waals surface area contributed by atoms with Crippen molar-refractivity contribution in [2.45, 2.75) is 217 Å². The Balaban J connectivity index is 0.000000296. The fourth-order valence-electron chi connectivity index (χ4n) is 13.1. The van der Waals surface area contributed by atoms with Gasteiger partial charge in [0.1, 0.15) is 64.0 Å². The van der Waals surface area contributed by atoms with Gasteiger partial charge in [0.15, 0.2) is 31.2 Å². The molecule has 4 N–H and O–H groups in total.